The summed E-state index contributed by atoms with van der Waals surface area (Å²) in [7, 11) is 5.39. The number of aromatic nitrogens is 3. The van der Waals surface area contributed by atoms with Gasteiger partial charge in [-0.1, -0.05) is 18.2 Å². The molecule has 2 heterocycles. The fraction of sp³-hybridized carbons (Fsp3) is 0.474. The van der Waals surface area contributed by atoms with E-state index in [1.54, 1.807) is 7.11 Å². The summed E-state index contributed by atoms with van der Waals surface area (Å²) in [6.07, 6.45) is 2.54. The maximum atomic E-state index is 12.4. The number of nitrogens with one attached hydrogen (secondary N) is 1. The Balaban J connectivity index is 1.68. The van der Waals surface area contributed by atoms with Gasteiger partial charge in [0.05, 0.1) is 20.1 Å². The molecule has 1 amide bonds. The molecule has 1 aromatic heterocycles. The van der Waals surface area contributed by atoms with Crippen molar-refractivity contribution in [2.24, 2.45) is 0 Å². The van der Waals surface area contributed by atoms with E-state index in [1.807, 2.05) is 43.3 Å². The van der Waals surface area contributed by atoms with Gasteiger partial charge in [-0.25, -0.2) is 0 Å². The molecule has 8 nitrogen and oxygen atoms in total. The van der Waals surface area contributed by atoms with Gasteiger partial charge in [0.1, 0.15) is 5.75 Å². The van der Waals surface area contributed by atoms with E-state index in [0.717, 1.165) is 31.5 Å². The van der Waals surface area contributed by atoms with Crippen LogP contribution in [0.1, 0.15) is 24.2 Å². The van der Waals surface area contributed by atoms with Gasteiger partial charge in [-0.15, -0.1) is 0 Å². The summed E-state index contributed by atoms with van der Waals surface area (Å²) < 4.78 is 5.30. The molecule has 2 aromatic rings. The van der Waals surface area contributed by atoms with Gasteiger partial charge in [-0.2, -0.15) is 15.0 Å². The number of ether oxygens (including phenoxy) is 1. The van der Waals surface area contributed by atoms with Crippen LogP contribution >= 0.6 is 0 Å². The van der Waals surface area contributed by atoms with Gasteiger partial charge in [0.15, 0.2) is 5.82 Å². The Hall–Kier alpha value is -2.90. The number of benzene rings is 1. The number of hydrogen-bond acceptors (Lipinski definition) is 7. The molecule has 1 aliphatic rings. The van der Waals surface area contributed by atoms with Crippen molar-refractivity contribution in [3.05, 3.63) is 35.7 Å². The van der Waals surface area contributed by atoms with Crippen molar-refractivity contribution < 1.29 is 9.53 Å². The molecule has 0 saturated carbocycles. The lowest BCUT2D eigenvalue weighted by atomic mass is 10.1. The molecule has 3 rings (SSSR count). The lowest BCUT2D eigenvalue weighted by Gasteiger charge is -2.19. The second-order valence-corrected chi connectivity index (χ2v) is 6.71. The van der Waals surface area contributed by atoms with Gasteiger partial charge in [0.25, 0.3) is 0 Å². The topological polar surface area (TPSA) is 83.5 Å². The van der Waals surface area contributed by atoms with E-state index in [1.165, 1.54) is 0 Å². The van der Waals surface area contributed by atoms with Crippen LogP contribution in [0.15, 0.2) is 24.3 Å². The highest BCUT2D eigenvalue weighted by atomic mass is 16.5. The van der Waals surface area contributed by atoms with Gasteiger partial charge in [-0.3, -0.25) is 4.79 Å². The highest BCUT2D eigenvalue weighted by molar-refractivity contribution is 5.79. The molecule has 1 saturated heterocycles. The van der Waals surface area contributed by atoms with Crippen LogP contribution in [0.2, 0.25) is 0 Å². The fourth-order valence-corrected chi connectivity index (χ4v) is 3.00. The zero-order valence-corrected chi connectivity index (χ0v) is 16.1. The molecular formula is C19H26N6O2. The Morgan fingerprint density at radius 1 is 1.19 bits per heavy atom. The van der Waals surface area contributed by atoms with E-state index in [0.29, 0.717) is 23.5 Å². The second-order valence-electron chi connectivity index (χ2n) is 6.71. The summed E-state index contributed by atoms with van der Waals surface area (Å²) in [5.41, 5.74) is 0.847. The molecule has 1 aromatic carbocycles. The molecule has 0 radical (unpaired) electrons. The Bertz CT molecular complexity index is 790. The van der Waals surface area contributed by atoms with Crippen molar-refractivity contribution in [3.63, 3.8) is 0 Å². The third-order valence-corrected chi connectivity index (χ3v) is 4.43. The Morgan fingerprint density at radius 2 is 1.93 bits per heavy atom. The normalized spacial score (nSPS) is 13.5. The summed E-state index contributed by atoms with van der Waals surface area (Å²) in [6, 6.07) is 7.51. The summed E-state index contributed by atoms with van der Waals surface area (Å²) in [4.78, 5) is 29.9. The number of rotatable bonds is 7. The van der Waals surface area contributed by atoms with E-state index in [-0.39, 0.29) is 18.9 Å². The van der Waals surface area contributed by atoms with Crippen LogP contribution in [0.4, 0.5) is 11.9 Å². The van der Waals surface area contributed by atoms with Gasteiger partial charge in [0, 0.05) is 32.7 Å². The largest absolute Gasteiger partial charge is 0.496 e. The van der Waals surface area contributed by atoms with Crippen LogP contribution in [0, 0.1) is 0 Å². The number of nitrogens with zero attached hydrogens (tertiary/aromatic N) is 5. The highest BCUT2D eigenvalue weighted by Gasteiger charge is 2.18. The van der Waals surface area contributed by atoms with E-state index >= 15 is 0 Å². The molecule has 0 atom stereocenters. The number of carbonyl (C=O) groups excluding carboxylic acids is 1. The number of methoxy groups -OCH3 is 1. The second kappa shape index (κ2) is 8.66. The number of para-hydroxylation sites is 1. The number of hydrogen-bond donors (Lipinski definition) is 1. The first kappa shape index (κ1) is 18.9. The minimum Gasteiger partial charge on any atom is -0.496 e. The van der Waals surface area contributed by atoms with E-state index in [4.69, 9.17) is 4.74 Å². The molecule has 144 valence electrons. The molecule has 1 N–H and O–H groups in total. The third-order valence-electron chi connectivity index (χ3n) is 4.43. The smallest absolute Gasteiger partial charge is 0.230 e. The summed E-state index contributed by atoms with van der Waals surface area (Å²) in [5.74, 6) is 2.44. The highest BCUT2D eigenvalue weighted by Crippen LogP contribution is 2.19. The fourth-order valence-electron chi connectivity index (χ4n) is 3.00. The predicted octanol–water partition coefficient (Wildman–Crippen LogP) is 1.41. The SMILES string of the molecule is COc1ccccc1CC(=O)NCc1nc(N(C)C)nc(N2CCCC2)n1. The van der Waals surface area contributed by atoms with Gasteiger partial charge >= 0.3 is 0 Å². The van der Waals surface area contributed by atoms with Crippen LogP contribution in [0.5, 0.6) is 5.75 Å². The first-order valence-electron chi connectivity index (χ1n) is 9.12. The summed E-state index contributed by atoms with van der Waals surface area (Å²) >= 11 is 0. The standard InChI is InChI=1S/C19H26N6O2/c1-24(2)18-21-16(22-19(23-18)25-10-6-7-11-25)13-20-17(26)12-14-8-4-5-9-15(14)27-3/h4-5,8-9H,6-7,10-13H2,1-3H3,(H,20,26). The average Bonchev–Trinajstić information content (AvgIpc) is 3.21. The zero-order chi connectivity index (χ0) is 19.2. The van der Waals surface area contributed by atoms with Gasteiger partial charge in [-0.05, 0) is 18.9 Å². The quantitative estimate of drug-likeness (QED) is 0.789. The Morgan fingerprint density at radius 3 is 2.63 bits per heavy atom. The van der Waals surface area contributed by atoms with Crippen molar-refractivity contribution in [1.82, 2.24) is 20.3 Å². The van der Waals surface area contributed by atoms with E-state index in [2.05, 4.69) is 25.2 Å². The maximum absolute atomic E-state index is 12.4. The predicted molar refractivity (Wildman–Crippen MR) is 104 cm³/mol. The lowest BCUT2D eigenvalue weighted by Crippen LogP contribution is -2.28. The molecule has 0 spiro atoms. The van der Waals surface area contributed by atoms with Crippen molar-refractivity contribution in [3.8, 4) is 5.75 Å². The van der Waals surface area contributed by atoms with Crippen LogP contribution in [0.3, 0.4) is 0 Å². The van der Waals surface area contributed by atoms with Crippen LogP contribution in [-0.2, 0) is 17.8 Å². The molecule has 1 aliphatic heterocycles. The third kappa shape index (κ3) is 4.84. The van der Waals surface area contributed by atoms with E-state index < -0.39 is 0 Å². The number of carbonyl (C=O) groups is 1. The number of anilines is 2. The van der Waals surface area contributed by atoms with Crippen LogP contribution < -0.4 is 19.9 Å². The summed E-state index contributed by atoms with van der Waals surface area (Å²) in [6.45, 7) is 2.17. The van der Waals surface area contributed by atoms with Crippen LogP contribution in [0.25, 0.3) is 0 Å². The Labute approximate surface area is 159 Å². The van der Waals surface area contributed by atoms with Crippen LogP contribution in [-0.4, -0.2) is 55.2 Å². The molecule has 0 aliphatic carbocycles. The molecule has 27 heavy (non-hydrogen) atoms. The first-order chi connectivity index (χ1) is 13.1. The lowest BCUT2D eigenvalue weighted by molar-refractivity contribution is -0.120. The van der Waals surface area contributed by atoms with Gasteiger partial charge < -0.3 is 19.9 Å². The van der Waals surface area contributed by atoms with Crippen molar-refractivity contribution in [2.75, 3.05) is 44.1 Å². The molecular weight excluding hydrogens is 344 g/mol. The average molecular weight is 370 g/mol. The van der Waals surface area contributed by atoms with Gasteiger partial charge in [0.2, 0.25) is 17.8 Å². The molecule has 0 bridgehead atoms. The minimum absolute atomic E-state index is 0.103. The maximum Gasteiger partial charge on any atom is 0.230 e. The summed E-state index contributed by atoms with van der Waals surface area (Å²) in [5, 5.41) is 2.90. The van der Waals surface area contributed by atoms with Crippen molar-refractivity contribution in [2.45, 2.75) is 25.8 Å². The zero-order valence-electron chi connectivity index (χ0n) is 16.1. The van der Waals surface area contributed by atoms with E-state index in [9.17, 15) is 4.79 Å². The monoisotopic (exact) mass is 370 g/mol. The Kier molecular flexibility index (Phi) is 6.05. The number of amides is 1. The molecule has 8 heteroatoms. The molecule has 1 fully saturated rings. The van der Waals surface area contributed by atoms with Crippen molar-refractivity contribution >= 4 is 17.8 Å². The first-order valence-corrected chi connectivity index (χ1v) is 9.12. The minimum atomic E-state index is -0.103. The van der Waals surface area contributed by atoms with Crippen molar-refractivity contribution in [1.29, 1.82) is 0 Å². The molecule has 0 unspecified atom stereocenters.